The van der Waals surface area contributed by atoms with Gasteiger partial charge < -0.3 is 9.80 Å². The first-order valence-corrected chi connectivity index (χ1v) is 9.19. The second-order valence-corrected chi connectivity index (χ2v) is 7.26. The fraction of sp³-hybridized carbons (Fsp3) is 0.600. The molecule has 2 atom stereocenters. The third-order valence-corrected chi connectivity index (χ3v) is 5.01. The van der Waals surface area contributed by atoms with Gasteiger partial charge in [0.25, 0.3) is 0 Å². The Labute approximate surface area is 151 Å². The van der Waals surface area contributed by atoms with Crippen molar-refractivity contribution in [2.75, 3.05) is 26.2 Å². The second-order valence-electron chi connectivity index (χ2n) is 7.26. The van der Waals surface area contributed by atoms with Crippen LogP contribution in [0.1, 0.15) is 57.7 Å². The van der Waals surface area contributed by atoms with Crippen LogP contribution in [0.3, 0.4) is 0 Å². The third-order valence-electron chi connectivity index (χ3n) is 5.01. The Morgan fingerprint density at radius 3 is 1.84 bits per heavy atom. The molecule has 1 fully saturated rings. The van der Waals surface area contributed by atoms with Gasteiger partial charge in [0.2, 0.25) is 11.8 Å². The van der Waals surface area contributed by atoms with E-state index in [2.05, 4.69) is 50.4 Å². The molecule has 1 aromatic rings. The third kappa shape index (κ3) is 5.05. The minimum Gasteiger partial charge on any atom is -0.339 e. The molecule has 2 unspecified atom stereocenters. The van der Waals surface area contributed by atoms with E-state index in [0.717, 1.165) is 0 Å². The number of nitrogens with zero attached hydrogens (tertiary/aromatic N) is 2. The lowest BCUT2D eigenvalue weighted by atomic mass is 9.99. The van der Waals surface area contributed by atoms with Gasteiger partial charge in [-0.3, -0.25) is 14.9 Å². The summed E-state index contributed by atoms with van der Waals surface area (Å²) < 4.78 is 0. The van der Waals surface area contributed by atoms with Crippen LogP contribution in [-0.2, 0) is 9.59 Å². The van der Waals surface area contributed by atoms with E-state index in [0.29, 0.717) is 32.1 Å². The number of amides is 2. The Kier molecular flexibility index (Phi) is 6.59. The molecular weight excluding hydrogens is 314 g/mol. The van der Waals surface area contributed by atoms with Crippen molar-refractivity contribution in [3.8, 4) is 0 Å². The first-order chi connectivity index (χ1) is 11.8. The molecule has 138 valence electrons. The van der Waals surface area contributed by atoms with E-state index in [9.17, 15) is 9.59 Å². The predicted molar refractivity (Wildman–Crippen MR) is 100 cm³/mol. The summed E-state index contributed by atoms with van der Waals surface area (Å²) >= 11 is 0. The fourth-order valence-electron chi connectivity index (χ4n) is 3.23. The molecule has 5 nitrogen and oxygen atoms in total. The van der Waals surface area contributed by atoms with Gasteiger partial charge in [-0.25, -0.2) is 0 Å². The molecular formula is C20H31N3O2. The van der Waals surface area contributed by atoms with Crippen LogP contribution in [0.4, 0.5) is 0 Å². The van der Waals surface area contributed by atoms with Crippen molar-refractivity contribution < 1.29 is 9.59 Å². The Balaban J connectivity index is 1.89. The number of hydrogen-bond donors (Lipinski definition) is 1. The number of carbonyl (C=O) groups excluding carboxylic acids is 2. The van der Waals surface area contributed by atoms with Gasteiger partial charge in [0.15, 0.2) is 0 Å². The Bertz CT molecular complexity index is 589. The van der Waals surface area contributed by atoms with Gasteiger partial charge in [-0.15, -0.1) is 0 Å². The molecule has 2 rings (SSSR count). The summed E-state index contributed by atoms with van der Waals surface area (Å²) in [4.78, 5) is 27.7. The molecule has 1 heterocycles. The number of piperazine rings is 1. The van der Waals surface area contributed by atoms with E-state index in [1.54, 1.807) is 11.8 Å². The molecule has 0 spiro atoms. The Hall–Kier alpha value is -1.88. The summed E-state index contributed by atoms with van der Waals surface area (Å²) in [6.45, 7) is 12.4. The van der Waals surface area contributed by atoms with Crippen molar-refractivity contribution in [2.24, 2.45) is 0 Å². The van der Waals surface area contributed by atoms with E-state index in [1.807, 2.05) is 11.8 Å². The van der Waals surface area contributed by atoms with Gasteiger partial charge in [0.1, 0.15) is 0 Å². The van der Waals surface area contributed by atoms with Crippen molar-refractivity contribution in [1.82, 2.24) is 15.1 Å². The number of rotatable bonds is 5. The Morgan fingerprint density at radius 1 is 0.880 bits per heavy atom. The van der Waals surface area contributed by atoms with Gasteiger partial charge in [-0.2, -0.15) is 0 Å². The highest BCUT2D eigenvalue weighted by Crippen LogP contribution is 2.19. The topological polar surface area (TPSA) is 52.7 Å². The summed E-state index contributed by atoms with van der Waals surface area (Å²) in [7, 11) is 0. The average Bonchev–Trinajstić information content (AvgIpc) is 2.61. The van der Waals surface area contributed by atoms with Gasteiger partial charge in [0, 0.05) is 39.1 Å². The van der Waals surface area contributed by atoms with Gasteiger partial charge in [-0.05, 0) is 30.9 Å². The van der Waals surface area contributed by atoms with Gasteiger partial charge >= 0.3 is 0 Å². The minimum absolute atomic E-state index is 0.0803. The molecule has 2 amide bonds. The molecule has 0 bridgehead atoms. The normalized spacial score (nSPS) is 17.5. The number of nitrogens with one attached hydrogen (secondary N) is 1. The zero-order valence-corrected chi connectivity index (χ0v) is 16.1. The second kappa shape index (κ2) is 8.48. The zero-order valence-electron chi connectivity index (χ0n) is 16.1. The first kappa shape index (κ1) is 19.4. The maximum atomic E-state index is 12.6. The monoisotopic (exact) mass is 345 g/mol. The zero-order chi connectivity index (χ0) is 18.6. The molecule has 0 saturated carbocycles. The predicted octanol–water partition coefficient (Wildman–Crippen LogP) is 2.54. The minimum atomic E-state index is -0.247. The molecule has 0 aliphatic carbocycles. The van der Waals surface area contributed by atoms with E-state index in [4.69, 9.17) is 0 Å². The number of hydrogen-bond acceptors (Lipinski definition) is 3. The van der Waals surface area contributed by atoms with Crippen LogP contribution in [0, 0.1) is 0 Å². The summed E-state index contributed by atoms with van der Waals surface area (Å²) in [5, 5.41) is 3.40. The molecule has 1 aliphatic rings. The van der Waals surface area contributed by atoms with E-state index in [1.165, 1.54) is 11.1 Å². The highest BCUT2D eigenvalue weighted by molar-refractivity contribution is 5.82. The van der Waals surface area contributed by atoms with Crippen molar-refractivity contribution in [3.63, 3.8) is 0 Å². The number of benzene rings is 1. The van der Waals surface area contributed by atoms with E-state index >= 15 is 0 Å². The molecule has 1 saturated heterocycles. The largest absolute Gasteiger partial charge is 0.339 e. The van der Waals surface area contributed by atoms with Crippen LogP contribution in [0.15, 0.2) is 24.3 Å². The SMILES string of the molecule is CC(=O)N1CCN(C(=O)C(C)NC(C)c2ccc(C(C)C)cc2)CC1. The Morgan fingerprint density at radius 2 is 1.36 bits per heavy atom. The van der Waals surface area contributed by atoms with Crippen LogP contribution < -0.4 is 5.32 Å². The van der Waals surface area contributed by atoms with Crippen LogP contribution in [0.25, 0.3) is 0 Å². The van der Waals surface area contributed by atoms with Crippen LogP contribution in [-0.4, -0.2) is 53.8 Å². The van der Waals surface area contributed by atoms with Gasteiger partial charge in [0.05, 0.1) is 6.04 Å². The summed E-state index contributed by atoms with van der Waals surface area (Å²) in [6.07, 6.45) is 0. The molecule has 1 aromatic carbocycles. The smallest absolute Gasteiger partial charge is 0.239 e. The highest BCUT2D eigenvalue weighted by Gasteiger charge is 2.26. The summed E-state index contributed by atoms with van der Waals surface area (Å²) in [5.74, 6) is 0.706. The molecule has 1 aliphatic heterocycles. The highest BCUT2D eigenvalue weighted by atomic mass is 16.2. The van der Waals surface area contributed by atoms with Crippen molar-refractivity contribution >= 4 is 11.8 Å². The van der Waals surface area contributed by atoms with Crippen molar-refractivity contribution in [2.45, 2.75) is 52.6 Å². The maximum absolute atomic E-state index is 12.6. The summed E-state index contributed by atoms with van der Waals surface area (Å²) in [6, 6.07) is 8.45. The standard InChI is InChI=1S/C20H31N3O2/c1-14(2)18-6-8-19(9-7-18)15(3)21-16(4)20(25)23-12-10-22(11-13-23)17(5)24/h6-9,14-16,21H,10-13H2,1-5H3. The molecule has 25 heavy (non-hydrogen) atoms. The lowest BCUT2D eigenvalue weighted by molar-refractivity contribution is -0.139. The quantitative estimate of drug-likeness (QED) is 0.892. The van der Waals surface area contributed by atoms with Crippen molar-refractivity contribution in [1.29, 1.82) is 0 Å². The van der Waals surface area contributed by atoms with Crippen LogP contribution in [0.5, 0.6) is 0 Å². The molecule has 0 aromatic heterocycles. The first-order valence-electron chi connectivity index (χ1n) is 9.19. The lowest BCUT2D eigenvalue weighted by Crippen LogP contribution is -2.54. The van der Waals surface area contributed by atoms with Crippen LogP contribution >= 0.6 is 0 Å². The van der Waals surface area contributed by atoms with Crippen molar-refractivity contribution in [3.05, 3.63) is 35.4 Å². The fourth-order valence-corrected chi connectivity index (χ4v) is 3.23. The summed E-state index contributed by atoms with van der Waals surface area (Å²) in [5.41, 5.74) is 2.51. The van der Waals surface area contributed by atoms with E-state index < -0.39 is 0 Å². The van der Waals surface area contributed by atoms with Gasteiger partial charge in [-0.1, -0.05) is 38.1 Å². The average molecular weight is 345 g/mol. The van der Waals surface area contributed by atoms with Crippen LogP contribution in [0.2, 0.25) is 0 Å². The van der Waals surface area contributed by atoms with E-state index in [-0.39, 0.29) is 23.9 Å². The lowest BCUT2D eigenvalue weighted by Gasteiger charge is -2.36. The molecule has 1 N–H and O–H groups in total. The molecule has 5 heteroatoms. The number of carbonyl (C=O) groups is 2. The molecule has 0 radical (unpaired) electrons. The maximum Gasteiger partial charge on any atom is 0.239 e.